The minimum absolute atomic E-state index is 0.177. The molecule has 6 nitrogen and oxygen atoms in total. The van der Waals surface area contributed by atoms with E-state index in [4.69, 9.17) is 9.84 Å². The smallest absolute Gasteiger partial charge is 0.346 e. The van der Waals surface area contributed by atoms with Crippen LogP contribution < -0.4 is 5.56 Å². The molecule has 0 bridgehead atoms. The van der Waals surface area contributed by atoms with E-state index in [1.54, 1.807) is 18.6 Å². The van der Waals surface area contributed by atoms with Gasteiger partial charge in [-0.15, -0.1) is 11.3 Å². The lowest BCUT2D eigenvalue weighted by atomic mass is 10.2. The van der Waals surface area contributed by atoms with E-state index in [1.165, 1.54) is 0 Å². The molecule has 0 fully saturated rings. The number of nitrogens with zero attached hydrogens (tertiary/aromatic N) is 2. The van der Waals surface area contributed by atoms with Gasteiger partial charge in [-0.25, -0.2) is 9.78 Å². The van der Waals surface area contributed by atoms with Crippen LogP contribution in [-0.2, 0) is 17.7 Å². The van der Waals surface area contributed by atoms with Gasteiger partial charge in [-0.3, -0.25) is 9.36 Å². The van der Waals surface area contributed by atoms with Crippen LogP contribution in [0, 0.1) is 6.92 Å². The standard InChI is InChI=1S/C13H16N2O4S/c1-4-8-14-11-9(7(2)10(20-11)13(17)18)12(16)15(8)5-6-19-3/h4-6H2,1-3H3,(H,17,18). The molecule has 0 aromatic carbocycles. The fourth-order valence-corrected chi connectivity index (χ4v) is 3.17. The number of aromatic carboxylic acids is 1. The lowest BCUT2D eigenvalue weighted by Gasteiger charge is -2.10. The summed E-state index contributed by atoms with van der Waals surface area (Å²) >= 11 is 1.05. The first-order valence-corrected chi connectivity index (χ1v) is 7.07. The third-order valence-corrected chi connectivity index (χ3v) is 4.33. The Morgan fingerprint density at radius 2 is 2.20 bits per heavy atom. The molecule has 20 heavy (non-hydrogen) atoms. The van der Waals surface area contributed by atoms with Crippen LogP contribution >= 0.6 is 11.3 Å². The third-order valence-electron chi connectivity index (χ3n) is 3.16. The summed E-state index contributed by atoms with van der Waals surface area (Å²) in [7, 11) is 1.57. The minimum Gasteiger partial charge on any atom is -0.477 e. The molecule has 0 aliphatic rings. The van der Waals surface area contributed by atoms with Crippen LogP contribution in [0.5, 0.6) is 0 Å². The highest BCUT2D eigenvalue weighted by Gasteiger charge is 2.20. The Bertz CT molecular complexity index is 717. The van der Waals surface area contributed by atoms with Crippen molar-refractivity contribution >= 4 is 27.5 Å². The fourth-order valence-electron chi connectivity index (χ4n) is 2.15. The maximum atomic E-state index is 12.6. The van der Waals surface area contributed by atoms with Crippen LogP contribution in [0.15, 0.2) is 4.79 Å². The number of fused-ring (bicyclic) bond motifs is 1. The van der Waals surface area contributed by atoms with Crippen molar-refractivity contribution in [1.82, 2.24) is 9.55 Å². The van der Waals surface area contributed by atoms with Gasteiger partial charge in [0.15, 0.2) is 0 Å². The van der Waals surface area contributed by atoms with Crippen LogP contribution in [0.4, 0.5) is 0 Å². The van der Waals surface area contributed by atoms with Crippen molar-refractivity contribution in [2.45, 2.75) is 26.8 Å². The molecule has 2 heterocycles. The van der Waals surface area contributed by atoms with Crippen LogP contribution in [0.2, 0.25) is 0 Å². The third kappa shape index (κ3) is 2.34. The van der Waals surface area contributed by atoms with Gasteiger partial charge < -0.3 is 9.84 Å². The van der Waals surface area contributed by atoms with E-state index in [0.29, 0.717) is 41.2 Å². The number of hydrogen-bond donors (Lipinski definition) is 1. The molecular formula is C13H16N2O4S. The van der Waals surface area contributed by atoms with Crippen LogP contribution in [-0.4, -0.2) is 34.3 Å². The Hall–Kier alpha value is -1.73. The molecule has 0 atom stereocenters. The zero-order valence-electron chi connectivity index (χ0n) is 11.6. The number of hydrogen-bond acceptors (Lipinski definition) is 5. The molecule has 0 saturated carbocycles. The summed E-state index contributed by atoms with van der Waals surface area (Å²) in [5, 5.41) is 9.55. The Kier molecular flexibility index (Phi) is 4.20. The first-order chi connectivity index (χ1) is 9.51. The second kappa shape index (κ2) is 5.72. The first kappa shape index (κ1) is 14.7. The Labute approximate surface area is 119 Å². The molecular weight excluding hydrogens is 280 g/mol. The maximum Gasteiger partial charge on any atom is 0.346 e. The van der Waals surface area contributed by atoms with Crippen molar-refractivity contribution < 1.29 is 14.6 Å². The largest absolute Gasteiger partial charge is 0.477 e. The molecule has 0 spiro atoms. The Morgan fingerprint density at radius 3 is 2.75 bits per heavy atom. The molecule has 0 radical (unpaired) electrons. The summed E-state index contributed by atoms with van der Waals surface area (Å²) in [4.78, 5) is 28.8. The molecule has 0 aliphatic heterocycles. The zero-order valence-corrected chi connectivity index (χ0v) is 12.4. The Balaban J connectivity index is 2.75. The predicted octanol–water partition coefficient (Wildman–Crippen LogP) is 1.67. The van der Waals surface area contributed by atoms with Gasteiger partial charge in [0, 0.05) is 13.5 Å². The van der Waals surface area contributed by atoms with Gasteiger partial charge in [-0.05, 0) is 12.5 Å². The molecule has 0 aliphatic carbocycles. The predicted molar refractivity (Wildman–Crippen MR) is 76.8 cm³/mol. The minimum atomic E-state index is -1.02. The van der Waals surface area contributed by atoms with E-state index in [-0.39, 0.29) is 10.4 Å². The fraction of sp³-hybridized carbons (Fsp3) is 0.462. The lowest BCUT2D eigenvalue weighted by Crippen LogP contribution is -2.26. The van der Waals surface area contributed by atoms with Crippen molar-refractivity contribution in [2.75, 3.05) is 13.7 Å². The average Bonchev–Trinajstić information content (AvgIpc) is 2.75. The summed E-state index contributed by atoms with van der Waals surface area (Å²) in [5.41, 5.74) is 0.300. The second-order valence-electron chi connectivity index (χ2n) is 4.37. The highest BCUT2D eigenvalue weighted by molar-refractivity contribution is 7.20. The average molecular weight is 296 g/mol. The van der Waals surface area contributed by atoms with Crippen molar-refractivity contribution in [3.8, 4) is 0 Å². The first-order valence-electron chi connectivity index (χ1n) is 6.26. The SMILES string of the molecule is CCc1nc2sc(C(=O)O)c(C)c2c(=O)n1CCOC. The summed E-state index contributed by atoms with van der Waals surface area (Å²) < 4.78 is 6.57. The van der Waals surface area contributed by atoms with Crippen LogP contribution in [0.25, 0.3) is 10.2 Å². The van der Waals surface area contributed by atoms with Gasteiger partial charge in [0.25, 0.3) is 5.56 Å². The summed E-state index contributed by atoms with van der Waals surface area (Å²) in [6, 6.07) is 0. The van der Waals surface area contributed by atoms with Gasteiger partial charge in [-0.1, -0.05) is 6.92 Å². The van der Waals surface area contributed by atoms with Gasteiger partial charge in [0.05, 0.1) is 18.5 Å². The van der Waals surface area contributed by atoms with E-state index >= 15 is 0 Å². The number of aromatic nitrogens is 2. The van der Waals surface area contributed by atoms with Gasteiger partial charge in [0.1, 0.15) is 15.5 Å². The normalized spacial score (nSPS) is 11.2. The summed E-state index contributed by atoms with van der Waals surface area (Å²) in [6.45, 7) is 4.39. The molecule has 2 aromatic heterocycles. The maximum absolute atomic E-state index is 12.6. The number of methoxy groups -OCH3 is 1. The molecule has 0 amide bonds. The molecule has 7 heteroatoms. The van der Waals surface area contributed by atoms with Gasteiger partial charge in [0.2, 0.25) is 0 Å². The number of thiophene rings is 1. The molecule has 108 valence electrons. The van der Waals surface area contributed by atoms with Crippen molar-refractivity contribution in [3.05, 3.63) is 26.6 Å². The van der Waals surface area contributed by atoms with E-state index in [9.17, 15) is 9.59 Å². The van der Waals surface area contributed by atoms with Gasteiger partial charge >= 0.3 is 5.97 Å². The van der Waals surface area contributed by atoms with Crippen LogP contribution in [0.3, 0.4) is 0 Å². The highest BCUT2D eigenvalue weighted by Crippen LogP contribution is 2.27. The monoisotopic (exact) mass is 296 g/mol. The topological polar surface area (TPSA) is 81.4 Å². The number of ether oxygens (including phenoxy) is 1. The molecule has 0 saturated heterocycles. The van der Waals surface area contributed by atoms with Crippen LogP contribution in [0.1, 0.15) is 28.0 Å². The number of carboxylic acid groups (broad SMARTS) is 1. The van der Waals surface area contributed by atoms with Crippen molar-refractivity contribution in [3.63, 3.8) is 0 Å². The van der Waals surface area contributed by atoms with Crippen molar-refractivity contribution in [1.29, 1.82) is 0 Å². The van der Waals surface area contributed by atoms with Gasteiger partial charge in [-0.2, -0.15) is 0 Å². The van der Waals surface area contributed by atoms with E-state index in [0.717, 1.165) is 11.3 Å². The molecule has 0 unspecified atom stereocenters. The summed E-state index contributed by atoms with van der Waals surface area (Å²) in [5.74, 6) is -0.371. The number of carbonyl (C=O) groups is 1. The van der Waals surface area contributed by atoms with E-state index in [1.807, 2.05) is 6.92 Å². The number of rotatable bonds is 5. The second-order valence-corrected chi connectivity index (χ2v) is 5.37. The molecule has 2 aromatic rings. The van der Waals surface area contributed by atoms with E-state index in [2.05, 4.69) is 4.98 Å². The number of aryl methyl sites for hydroxylation is 2. The van der Waals surface area contributed by atoms with Crippen molar-refractivity contribution in [2.24, 2.45) is 0 Å². The Morgan fingerprint density at radius 1 is 1.50 bits per heavy atom. The number of carboxylic acids is 1. The molecule has 1 N–H and O–H groups in total. The lowest BCUT2D eigenvalue weighted by molar-refractivity contribution is 0.0701. The highest BCUT2D eigenvalue weighted by atomic mass is 32.1. The zero-order chi connectivity index (χ0) is 14.9. The molecule has 2 rings (SSSR count). The quantitative estimate of drug-likeness (QED) is 0.907. The van der Waals surface area contributed by atoms with E-state index < -0.39 is 5.97 Å². The summed E-state index contributed by atoms with van der Waals surface area (Å²) in [6.07, 6.45) is 0.605.